The molecule has 7 heteroatoms. The highest BCUT2D eigenvalue weighted by Gasteiger charge is 2.12. The third-order valence-corrected chi connectivity index (χ3v) is 4.30. The molecule has 0 radical (unpaired) electrons. The molecule has 0 aliphatic heterocycles. The highest BCUT2D eigenvalue weighted by atomic mass is 19.1. The molecule has 0 saturated heterocycles. The van der Waals surface area contributed by atoms with E-state index in [0.29, 0.717) is 30.7 Å². The number of hydrogen-bond donors (Lipinski definition) is 1. The first-order chi connectivity index (χ1) is 12.0. The van der Waals surface area contributed by atoms with E-state index >= 15 is 0 Å². The molecule has 2 aromatic heterocycles. The van der Waals surface area contributed by atoms with Gasteiger partial charge in [-0.15, -0.1) is 0 Å². The van der Waals surface area contributed by atoms with E-state index < -0.39 is 0 Å². The summed E-state index contributed by atoms with van der Waals surface area (Å²) >= 11 is 0. The Balaban J connectivity index is 1.61. The zero-order valence-corrected chi connectivity index (χ0v) is 14.5. The second-order valence-corrected chi connectivity index (χ2v) is 6.09. The molecule has 25 heavy (non-hydrogen) atoms. The third-order valence-electron chi connectivity index (χ3n) is 4.30. The van der Waals surface area contributed by atoms with Crippen molar-refractivity contribution in [3.63, 3.8) is 0 Å². The van der Waals surface area contributed by atoms with Crippen LogP contribution < -0.4 is 5.32 Å². The quantitative estimate of drug-likeness (QED) is 0.774. The van der Waals surface area contributed by atoms with Crippen molar-refractivity contribution in [3.8, 4) is 0 Å². The lowest BCUT2D eigenvalue weighted by atomic mass is 10.1. The van der Waals surface area contributed by atoms with Gasteiger partial charge in [0, 0.05) is 24.4 Å². The van der Waals surface area contributed by atoms with E-state index in [-0.39, 0.29) is 11.7 Å². The molecule has 0 aliphatic carbocycles. The van der Waals surface area contributed by atoms with Gasteiger partial charge < -0.3 is 5.32 Å². The van der Waals surface area contributed by atoms with E-state index in [1.807, 2.05) is 13.8 Å². The van der Waals surface area contributed by atoms with Crippen molar-refractivity contribution in [1.82, 2.24) is 24.9 Å². The molecule has 1 amide bonds. The summed E-state index contributed by atoms with van der Waals surface area (Å²) in [6.07, 6.45) is 2.40. The van der Waals surface area contributed by atoms with Crippen LogP contribution in [0.4, 0.5) is 4.39 Å². The van der Waals surface area contributed by atoms with E-state index in [1.54, 1.807) is 23.6 Å². The molecule has 0 saturated carbocycles. The Hall–Kier alpha value is -2.83. The van der Waals surface area contributed by atoms with Gasteiger partial charge in [-0.3, -0.25) is 4.79 Å². The third kappa shape index (κ3) is 3.65. The van der Waals surface area contributed by atoms with Crippen LogP contribution >= 0.6 is 0 Å². The SMILES string of the molecule is Cc1cc(CNC(=O)CCc2c(C)nc3ncnn3c2C)ccc1F. The van der Waals surface area contributed by atoms with Gasteiger partial charge in [0.05, 0.1) is 0 Å². The molecule has 0 spiro atoms. The Morgan fingerprint density at radius 3 is 2.84 bits per heavy atom. The van der Waals surface area contributed by atoms with Crippen LogP contribution in [0.1, 0.15) is 34.5 Å². The van der Waals surface area contributed by atoms with Crippen molar-refractivity contribution in [2.75, 3.05) is 0 Å². The molecule has 0 bridgehead atoms. The molecular formula is C18H20FN5O. The Kier molecular flexibility index (Phi) is 4.74. The maximum Gasteiger partial charge on any atom is 0.252 e. The van der Waals surface area contributed by atoms with E-state index in [0.717, 1.165) is 22.5 Å². The maximum atomic E-state index is 13.3. The average molecular weight is 341 g/mol. The van der Waals surface area contributed by atoms with E-state index in [9.17, 15) is 9.18 Å². The molecule has 6 nitrogen and oxygen atoms in total. The minimum absolute atomic E-state index is 0.0561. The number of halogens is 1. The number of aromatic nitrogens is 4. The van der Waals surface area contributed by atoms with Crippen LogP contribution in [0.5, 0.6) is 0 Å². The van der Waals surface area contributed by atoms with Crippen LogP contribution in [0, 0.1) is 26.6 Å². The van der Waals surface area contributed by atoms with E-state index in [4.69, 9.17) is 0 Å². The molecule has 0 aliphatic rings. The van der Waals surface area contributed by atoms with Gasteiger partial charge in [0.25, 0.3) is 5.78 Å². The summed E-state index contributed by atoms with van der Waals surface area (Å²) in [6.45, 7) is 5.96. The van der Waals surface area contributed by atoms with Crippen molar-refractivity contribution in [3.05, 3.63) is 58.4 Å². The van der Waals surface area contributed by atoms with Crippen LogP contribution in [0.15, 0.2) is 24.5 Å². The summed E-state index contributed by atoms with van der Waals surface area (Å²) in [5.74, 6) is 0.270. The number of nitrogens with zero attached hydrogens (tertiary/aromatic N) is 4. The Morgan fingerprint density at radius 2 is 2.08 bits per heavy atom. The van der Waals surface area contributed by atoms with E-state index in [2.05, 4.69) is 20.4 Å². The maximum absolute atomic E-state index is 13.3. The molecule has 130 valence electrons. The lowest BCUT2D eigenvalue weighted by Gasteiger charge is -2.11. The second kappa shape index (κ2) is 6.96. The van der Waals surface area contributed by atoms with Crippen LogP contribution in [0.3, 0.4) is 0 Å². The predicted molar refractivity (Wildman–Crippen MR) is 91.6 cm³/mol. The van der Waals surface area contributed by atoms with Crippen molar-refractivity contribution < 1.29 is 9.18 Å². The van der Waals surface area contributed by atoms with Gasteiger partial charge in [0.15, 0.2) is 0 Å². The van der Waals surface area contributed by atoms with Gasteiger partial charge >= 0.3 is 0 Å². The van der Waals surface area contributed by atoms with Crippen LogP contribution in [-0.4, -0.2) is 25.5 Å². The van der Waals surface area contributed by atoms with Crippen LogP contribution in [0.25, 0.3) is 5.78 Å². The molecule has 2 heterocycles. The molecule has 3 rings (SSSR count). The molecule has 1 N–H and O–H groups in total. The first-order valence-electron chi connectivity index (χ1n) is 8.13. The second-order valence-electron chi connectivity index (χ2n) is 6.09. The largest absolute Gasteiger partial charge is 0.352 e. The normalized spacial score (nSPS) is 11.0. The van der Waals surface area contributed by atoms with Crippen molar-refractivity contribution in [2.24, 2.45) is 0 Å². The predicted octanol–water partition coefficient (Wildman–Crippen LogP) is 2.44. The lowest BCUT2D eigenvalue weighted by molar-refractivity contribution is -0.121. The van der Waals surface area contributed by atoms with Gasteiger partial charge in [-0.05, 0) is 49.9 Å². The Morgan fingerprint density at radius 1 is 1.28 bits per heavy atom. The van der Waals surface area contributed by atoms with Crippen molar-refractivity contribution in [1.29, 1.82) is 0 Å². The summed E-state index contributed by atoms with van der Waals surface area (Å²) in [5, 5.41) is 7.02. The standard InChI is InChI=1S/C18H20FN5O/c1-11-8-14(4-6-16(11)19)9-20-17(25)7-5-15-12(2)23-18-21-10-22-24(18)13(15)3/h4,6,8,10H,5,7,9H2,1-3H3,(H,20,25). The van der Waals surface area contributed by atoms with Gasteiger partial charge in [-0.2, -0.15) is 10.1 Å². The summed E-state index contributed by atoms with van der Waals surface area (Å²) in [7, 11) is 0. The number of rotatable bonds is 5. The van der Waals surface area contributed by atoms with E-state index in [1.165, 1.54) is 12.4 Å². The number of carbonyl (C=O) groups is 1. The number of nitrogens with one attached hydrogen (secondary N) is 1. The first-order valence-corrected chi connectivity index (χ1v) is 8.13. The fourth-order valence-electron chi connectivity index (χ4n) is 2.86. The summed E-state index contributed by atoms with van der Waals surface area (Å²) in [6, 6.07) is 4.84. The molecule has 0 atom stereocenters. The number of fused-ring (bicyclic) bond motifs is 1. The molecule has 1 aromatic carbocycles. The van der Waals surface area contributed by atoms with Crippen molar-refractivity contribution >= 4 is 11.7 Å². The van der Waals surface area contributed by atoms with Gasteiger partial charge in [0.1, 0.15) is 12.1 Å². The smallest absolute Gasteiger partial charge is 0.252 e. The van der Waals surface area contributed by atoms with Gasteiger partial charge in [-0.25, -0.2) is 13.9 Å². The average Bonchev–Trinajstić information content (AvgIpc) is 3.04. The zero-order chi connectivity index (χ0) is 18.0. The molecule has 0 unspecified atom stereocenters. The molecule has 3 aromatic rings. The summed E-state index contributed by atoms with van der Waals surface area (Å²) in [4.78, 5) is 20.6. The number of hydrogen-bond acceptors (Lipinski definition) is 4. The number of amides is 1. The summed E-state index contributed by atoms with van der Waals surface area (Å²) in [5.41, 5.74) is 4.27. The first kappa shape index (κ1) is 17.0. The Bertz CT molecular complexity index is 935. The minimum Gasteiger partial charge on any atom is -0.352 e. The fourth-order valence-corrected chi connectivity index (χ4v) is 2.86. The number of aryl methyl sites for hydroxylation is 3. The lowest BCUT2D eigenvalue weighted by Crippen LogP contribution is -2.23. The highest BCUT2D eigenvalue weighted by molar-refractivity contribution is 5.76. The number of benzene rings is 1. The zero-order valence-electron chi connectivity index (χ0n) is 14.5. The van der Waals surface area contributed by atoms with Crippen molar-refractivity contribution in [2.45, 2.75) is 40.2 Å². The minimum atomic E-state index is -0.239. The van der Waals surface area contributed by atoms with Gasteiger partial charge in [0.2, 0.25) is 5.91 Å². The highest BCUT2D eigenvalue weighted by Crippen LogP contribution is 2.15. The Labute approximate surface area is 145 Å². The summed E-state index contributed by atoms with van der Waals surface area (Å²) < 4.78 is 14.9. The monoisotopic (exact) mass is 341 g/mol. The number of carbonyl (C=O) groups excluding carboxylic acids is 1. The van der Waals surface area contributed by atoms with Gasteiger partial charge in [-0.1, -0.05) is 12.1 Å². The van der Waals surface area contributed by atoms with Crippen LogP contribution in [-0.2, 0) is 17.8 Å². The topological polar surface area (TPSA) is 72.2 Å². The van der Waals surface area contributed by atoms with Crippen LogP contribution in [0.2, 0.25) is 0 Å². The molecule has 0 fully saturated rings. The molecular weight excluding hydrogens is 321 g/mol. The fraction of sp³-hybridized carbons (Fsp3) is 0.333.